The van der Waals surface area contributed by atoms with E-state index in [-0.39, 0.29) is 81.3 Å². The Balaban J connectivity index is 0.000000833. The SMILES string of the molecule is BrB(Br)Br.C.COC(Cl)Cl.COc1ccc(C=O)c(Cl)c1Cl.COc1cccc(Cl)c1Cl.O/N=C/c1ccc(-c2ccc(O)cc2)c(Cl)c1Cl.O=Cc1ccc(-c2ccc(O)cc2)c(Cl)c1.O=Cc1ccc(-c2ccc(O)cc2)c(Cl)c1-c1ccc(O)cc1.O=Cc1ccc(-c2ccc(O)cc2)c(Cl)c1Cl.O=Cc1ccc(O)c(Cl)c1Cl.O=Cc1ccc(OS(=O)(=O)C(F)(F)F)c(Cl)c1Cl.O=S(=O)(OO)C(F)(F)F.[Cl][Ti]([Cl])([Cl])[Cl]. The predicted molar refractivity (Wildman–Crippen MR) is 593 cm³/mol. The summed E-state index contributed by atoms with van der Waals surface area (Å²) in [4.78, 5) is 63.7. The van der Waals surface area contributed by atoms with Crippen LogP contribution < -0.4 is 13.7 Å². The first-order valence-corrected chi connectivity index (χ1v) is 58.7. The maximum atomic E-state index is 12.1. The minimum atomic E-state index is -5.84. The molecule has 24 nitrogen and oxygen atoms in total. The maximum absolute atomic E-state index is 12.1. The number of phenolic OH excluding ortho intramolecular Hbond substituents is 6. The Hall–Kier alpha value is -7.07. The topological polar surface area (TPSA) is 391 Å². The molecule has 0 heterocycles. The molecule has 0 atom stereocenters. The molecule has 800 valence electrons. The molecular weight excluding hydrogens is 2670 g/mol. The van der Waals surface area contributed by atoms with E-state index in [1.165, 1.54) is 32.6 Å². The number of phenols is 6. The van der Waals surface area contributed by atoms with E-state index in [0.29, 0.717) is 105 Å². The number of nitrogens with zero attached hydrogens (tertiary/aromatic N) is 1. The number of aldehydes is 6. The molecule has 8 N–H and O–H groups in total. The van der Waals surface area contributed by atoms with Gasteiger partial charge in [-0.15, -0.1) is 51.6 Å². The van der Waals surface area contributed by atoms with Crippen LogP contribution in [0.3, 0.4) is 0 Å². The molecule has 0 aliphatic carbocycles. The Kier molecular flexibility index (Phi) is 64.8. The van der Waals surface area contributed by atoms with Crippen LogP contribution in [0.2, 0.25) is 70.3 Å². The Morgan fingerprint density at radius 2 is 0.644 bits per heavy atom. The van der Waals surface area contributed by atoms with Crippen LogP contribution in [0, 0.1) is 0 Å². The van der Waals surface area contributed by atoms with Crippen LogP contribution in [-0.4, -0.2) is 142 Å². The molecule has 0 aliphatic heterocycles. The number of carbonyl (C=O) groups is 6. The monoisotopic (exact) mass is 2730 g/mol. The first-order valence-electron chi connectivity index (χ1n) is 38.3. The number of hydrogen-bond donors (Lipinski definition) is 8. The number of aromatic hydroxyl groups is 6. The van der Waals surface area contributed by atoms with Gasteiger partial charge in [0, 0.05) is 78.9 Å². The molecule has 0 aromatic heterocycles. The molecule has 0 aliphatic rings. The number of oxime groups is 1. The fourth-order valence-electron chi connectivity index (χ4n) is 10.1. The predicted octanol–water partition coefficient (Wildman–Crippen LogP) is 35.4. The normalized spacial score (nSPS) is 10.5. The Bertz CT molecular complexity index is 6880. The van der Waals surface area contributed by atoms with Gasteiger partial charge in [-0.2, -0.15) is 43.2 Å². The van der Waals surface area contributed by atoms with Gasteiger partial charge in [-0.1, -0.05) is 307 Å². The molecule has 0 saturated carbocycles. The van der Waals surface area contributed by atoms with E-state index in [4.69, 9.17) is 248 Å². The van der Waals surface area contributed by atoms with E-state index < -0.39 is 64.4 Å². The van der Waals surface area contributed by atoms with E-state index in [2.05, 4.69) is 65.7 Å². The molecule has 0 amide bonds. The second kappa shape index (κ2) is 69.0. The van der Waals surface area contributed by atoms with Crippen LogP contribution in [0.15, 0.2) is 236 Å². The average Bonchev–Trinajstić information content (AvgIpc) is 0.780. The van der Waals surface area contributed by atoms with E-state index in [1.54, 1.807) is 213 Å². The molecule has 13 rings (SSSR count). The van der Waals surface area contributed by atoms with Crippen molar-refractivity contribution in [2.24, 2.45) is 5.16 Å². The van der Waals surface area contributed by atoms with E-state index in [1.807, 2.05) is 0 Å². The number of ether oxygens (including phenoxy) is 3. The van der Waals surface area contributed by atoms with Crippen LogP contribution in [0.4, 0.5) is 26.3 Å². The number of benzene rings is 13. The van der Waals surface area contributed by atoms with Gasteiger partial charge in [0.25, 0.3) is 0 Å². The molecule has 0 spiro atoms. The fraction of sp³-hybridized carbons (Fsp3) is 0.0761. The number of halogens is 29. The van der Waals surface area contributed by atoms with Crippen LogP contribution >= 0.6 is 270 Å². The standard InChI is InChI=1S/C19H13ClO3.C13H9Cl2NO2.C13H8Cl2O2.C13H9ClO2.C8H3Cl2F3O4S.C8H6Cl2O2.C7H4Cl2O2.C7H6Cl2O.C2H4Cl2O.CHF3O4S.CH4.BBr3.4ClH.Ti/c20-19-17(12-1-6-15(22)7-2-12)10-5-14(11-21)18(19)13-3-8-16(23)9-4-13;14-12-9(7-16-18)3-6-11(13(12)15)8-1-4-10(17)5-2-8;14-12-9(7-16)3-6-11(13(12)15)8-1-4-10(17)5-2-8;14-13-7-9(8-15)1-6-12(13)10-2-4-11(16)5-3-10;9-6-4(3-14)1-2-5(7(6)10)17-18(15,16)8(11,12)13;1-12-6-3-2-5(4-11)7(9)8(6)10;8-6-4(3-10)1-2-5(11)7(6)9;1-10-6-4-2-3-5(8)7(6)9;1-5-2(3)4;2-1(3,4)9(6,7)8-5;;2-1(3)4;;;;;/h1-11,22-23H;1-7,17-18H;1-7,17H;1-8,16H;1-3H;2-4H,1H3;1-3,11H;2-4H,1H3;2H,1H3;5H;1H4;;4*1H;/q;;;;;;;;;;;;;;;;+4/p-4/b;16-7+;;;;;;;;;;;;;;;. The Morgan fingerprint density at radius 3 is 0.960 bits per heavy atom. The summed E-state index contributed by atoms with van der Waals surface area (Å²) in [6.45, 7) is 0. The molecule has 0 radical (unpaired) electrons. The third-order valence-corrected chi connectivity index (χ3v) is 24.9. The van der Waals surface area contributed by atoms with E-state index >= 15 is 0 Å². The molecule has 13 aromatic carbocycles. The quantitative estimate of drug-likeness (QED) is 0.00378. The zero-order chi connectivity index (χ0) is 113. The van der Waals surface area contributed by atoms with Crippen molar-refractivity contribution in [3.05, 3.63) is 340 Å². The van der Waals surface area contributed by atoms with Gasteiger partial charge in [0.2, 0.25) is 5.02 Å². The van der Waals surface area contributed by atoms with Crippen molar-refractivity contribution in [2.45, 2.75) is 23.5 Å². The summed E-state index contributed by atoms with van der Waals surface area (Å²) in [7, 11) is 12.9. The third-order valence-electron chi connectivity index (χ3n) is 16.9. The van der Waals surface area contributed by atoms with Gasteiger partial charge in [-0.25, -0.2) is 5.26 Å². The molecule has 149 heavy (non-hydrogen) atoms. The van der Waals surface area contributed by atoms with Crippen LogP contribution in [0.5, 0.6) is 51.7 Å². The molecule has 0 saturated heterocycles. The van der Waals surface area contributed by atoms with Crippen molar-refractivity contribution >= 4 is 337 Å². The van der Waals surface area contributed by atoms with Gasteiger partial charge in [0.05, 0.1) is 65.6 Å². The van der Waals surface area contributed by atoms with Crippen molar-refractivity contribution in [3.63, 3.8) is 0 Å². The van der Waals surface area contributed by atoms with Gasteiger partial charge in [0.1, 0.15) is 72.4 Å². The van der Waals surface area contributed by atoms with Crippen LogP contribution in [0.25, 0.3) is 55.6 Å². The Morgan fingerprint density at radius 1 is 0.356 bits per heavy atom. The molecule has 13 aromatic rings. The van der Waals surface area contributed by atoms with Crippen LogP contribution in [0.1, 0.15) is 75.1 Å². The molecule has 0 unspecified atom stereocenters. The third kappa shape index (κ3) is 47.6. The summed E-state index contributed by atoms with van der Waals surface area (Å²) in [6, 6.07) is 61.5. The number of hydrogen-bond acceptors (Lipinski definition) is 24. The number of rotatable bonds is 18. The zero-order valence-corrected chi connectivity index (χ0v) is 96.6. The Labute approximate surface area is 971 Å². The van der Waals surface area contributed by atoms with Gasteiger partial charge in [-0.3, -0.25) is 28.8 Å². The summed E-state index contributed by atoms with van der Waals surface area (Å²) in [6.07, 6.45) is 4.92. The molecule has 0 bridgehead atoms. The van der Waals surface area contributed by atoms with Crippen molar-refractivity contribution < 1.29 is 148 Å². The van der Waals surface area contributed by atoms with Crippen molar-refractivity contribution in [3.8, 4) is 107 Å². The number of carbonyl (C=O) groups excluding carboxylic acids is 6. The molecule has 57 heteroatoms. The summed E-state index contributed by atoms with van der Waals surface area (Å²) >= 11 is 98.2. The van der Waals surface area contributed by atoms with Crippen molar-refractivity contribution in [1.82, 2.24) is 0 Å². The number of alkyl halides is 8. The average molecular weight is 2740 g/mol. The van der Waals surface area contributed by atoms with Gasteiger partial charge in [0.15, 0.2) is 37.2 Å². The van der Waals surface area contributed by atoms with Gasteiger partial charge in [-0.05, 0) is 149 Å². The van der Waals surface area contributed by atoms with Gasteiger partial charge >= 0.3 is 84.0 Å². The summed E-state index contributed by atoms with van der Waals surface area (Å²) in [5.41, 5.74) is -0.857. The molecular formula is C92H67BBr3Cl20F6NO23S2Ti. The van der Waals surface area contributed by atoms with Crippen LogP contribution in [-0.2, 0) is 41.7 Å². The van der Waals surface area contributed by atoms with Crippen molar-refractivity contribution in [1.29, 1.82) is 0 Å². The van der Waals surface area contributed by atoms with E-state index in [0.717, 1.165) is 74.8 Å². The first-order chi connectivity index (χ1) is 69.1. The minimum absolute atomic E-state index is 0. The second-order valence-corrected chi connectivity index (χ2v) is 57.8. The summed E-state index contributed by atoms with van der Waals surface area (Å²) < 4.78 is 130. The summed E-state index contributed by atoms with van der Waals surface area (Å²) in [5, 5.41) is 76.1. The first kappa shape index (κ1) is 140. The van der Waals surface area contributed by atoms with E-state index in [9.17, 15) is 97.5 Å². The molecule has 0 fully saturated rings. The number of methoxy groups -OCH3 is 3. The van der Waals surface area contributed by atoms with Crippen molar-refractivity contribution in [2.75, 3.05) is 21.3 Å². The summed E-state index contributed by atoms with van der Waals surface area (Å²) in [5.74, 6) is 1.03. The van der Waals surface area contributed by atoms with Gasteiger partial charge < -0.3 is 54.2 Å². The second-order valence-electron chi connectivity index (χ2n) is 26.4. The fourth-order valence-corrected chi connectivity index (χ4v) is 13.9. The zero-order valence-electron chi connectivity index (χ0n) is 73.6.